The van der Waals surface area contributed by atoms with E-state index in [9.17, 15) is 0 Å². The molecule has 36 heavy (non-hydrogen) atoms. The van der Waals surface area contributed by atoms with Gasteiger partial charge in [0.25, 0.3) is 0 Å². The molecule has 3 aromatic heterocycles. The van der Waals surface area contributed by atoms with Crippen molar-refractivity contribution < 1.29 is 4.42 Å². The summed E-state index contributed by atoms with van der Waals surface area (Å²) in [6, 6.07) is 33.8. The fourth-order valence-corrected chi connectivity index (χ4v) is 5.60. The molecule has 0 saturated carbocycles. The minimum absolute atomic E-state index is 0.355. The molecule has 0 amide bonds. The molecule has 0 radical (unpaired) electrons. The normalized spacial score (nSPS) is 13.5. The lowest BCUT2D eigenvalue weighted by Crippen LogP contribution is -2.22. The van der Waals surface area contributed by atoms with Gasteiger partial charge in [-0.05, 0) is 41.0 Å². The standard InChI is InChI=1S/C33H24N2O/c1-33(2)27-14-9-18-34-30(27)29-24-17-19-36-31(24)25(21-10-5-3-6-11-21)20-26(29)23-15-16-28(35-32(23)33)22-12-7-4-8-13-22/h3-20H,1-2H3. The van der Waals surface area contributed by atoms with E-state index >= 15 is 0 Å². The van der Waals surface area contributed by atoms with Crippen LogP contribution in [0.2, 0.25) is 0 Å². The molecule has 6 aromatic rings. The molecule has 0 bridgehead atoms. The van der Waals surface area contributed by atoms with Crippen LogP contribution in [0.5, 0.6) is 0 Å². The van der Waals surface area contributed by atoms with Crippen molar-refractivity contribution in [3.8, 4) is 44.8 Å². The van der Waals surface area contributed by atoms with Gasteiger partial charge in [-0.2, -0.15) is 0 Å². The second-order valence-corrected chi connectivity index (χ2v) is 9.86. The Bertz CT molecular complexity index is 1750. The van der Waals surface area contributed by atoms with Gasteiger partial charge < -0.3 is 4.42 Å². The Kier molecular flexibility index (Phi) is 4.49. The highest BCUT2D eigenvalue weighted by molar-refractivity contribution is 6.09. The first-order valence-electron chi connectivity index (χ1n) is 12.3. The van der Waals surface area contributed by atoms with Gasteiger partial charge >= 0.3 is 0 Å². The topological polar surface area (TPSA) is 38.9 Å². The van der Waals surface area contributed by atoms with E-state index in [2.05, 4.69) is 92.7 Å². The highest BCUT2D eigenvalue weighted by atomic mass is 16.3. The van der Waals surface area contributed by atoms with Crippen LogP contribution in [0.4, 0.5) is 0 Å². The van der Waals surface area contributed by atoms with Crippen LogP contribution in [0.15, 0.2) is 114 Å². The predicted molar refractivity (Wildman–Crippen MR) is 146 cm³/mol. The molecule has 0 fully saturated rings. The summed E-state index contributed by atoms with van der Waals surface area (Å²) in [5, 5.41) is 1.07. The molecule has 7 rings (SSSR count). The SMILES string of the molecule is CC1(C)c2cccnc2-c2c(cc(-c3ccccc3)c3occc23)-c2ccc(-c3ccccc3)nc21. The molecule has 1 aliphatic carbocycles. The number of rotatable bonds is 2. The third-order valence-electron chi connectivity index (χ3n) is 7.39. The molecule has 172 valence electrons. The van der Waals surface area contributed by atoms with Crippen molar-refractivity contribution in [3.63, 3.8) is 0 Å². The molecule has 0 atom stereocenters. The average Bonchev–Trinajstić information content (AvgIpc) is 3.40. The number of hydrogen-bond acceptors (Lipinski definition) is 3. The third kappa shape index (κ3) is 2.99. The number of nitrogens with zero attached hydrogens (tertiary/aromatic N) is 2. The Morgan fingerprint density at radius 2 is 1.44 bits per heavy atom. The van der Waals surface area contributed by atoms with Crippen molar-refractivity contribution in [2.75, 3.05) is 0 Å². The molecule has 0 aliphatic heterocycles. The largest absolute Gasteiger partial charge is 0.464 e. The Balaban J connectivity index is 1.62. The maximum Gasteiger partial charge on any atom is 0.142 e. The lowest BCUT2D eigenvalue weighted by Gasteiger charge is -2.27. The number of aromatic nitrogens is 2. The zero-order valence-electron chi connectivity index (χ0n) is 20.2. The van der Waals surface area contributed by atoms with Crippen molar-refractivity contribution in [2.24, 2.45) is 0 Å². The second-order valence-electron chi connectivity index (χ2n) is 9.86. The monoisotopic (exact) mass is 464 g/mol. The summed E-state index contributed by atoms with van der Waals surface area (Å²) in [6.45, 7) is 4.51. The average molecular weight is 465 g/mol. The molecule has 1 aliphatic rings. The number of benzene rings is 3. The Morgan fingerprint density at radius 3 is 2.22 bits per heavy atom. The van der Waals surface area contributed by atoms with E-state index in [0.717, 1.165) is 67.0 Å². The Labute approximate surface area is 210 Å². The van der Waals surface area contributed by atoms with E-state index in [1.807, 2.05) is 24.4 Å². The molecular weight excluding hydrogens is 440 g/mol. The first kappa shape index (κ1) is 20.8. The third-order valence-corrected chi connectivity index (χ3v) is 7.39. The van der Waals surface area contributed by atoms with Gasteiger partial charge in [0.1, 0.15) is 5.58 Å². The molecule has 0 N–H and O–H groups in total. The molecule has 3 nitrogen and oxygen atoms in total. The van der Waals surface area contributed by atoms with Gasteiger partial charge in [0.15, 0.2) is 0 Å². The van der Waals surface area contributed by atoms with Gasteiger partial charge in [-0.3, -0.25) is 9.97 Å². The van der Waals surface area contributed by atoms with Crippen molar-refractivity contribution in [2.45, 2.75) is 19.3 Å². The maximum atomic E-state index is 6.10. The Hall–Kier alpha value is -4.50. The highest BCUT2D eigenvalue weighted by Gasteiger charge is 2.37. The summed E-state index contributed by atoms with van der Waals surface area (Å²) >= 11 is 0. The van der Waals surface area contributed by atoms with E-state index in [-0.39, 0.29) is 5.41 Å². The number of hydrogen-bond donors (Lipinski definition) is 0. The van der Waals surface area contributed by atoms with E-state index in [0.29, 0.717) is 0 Å². The summed E-state index contributed by atoms with van der Waals surface area (Å²) in [4.78, 5) is 10.3. The first-order valence-corrected chi connectivity index (χ1v) is 12.3. The molecule has 0 unspecified atom stereocenters. The summed E-state index contributed by atoms with van der Waals surface area (Å²) in [6.07, 6.45) is 3.67. The minimum Gasteiger partial charge on any atom is -0.464 e. The highest BCUT2D eigenvalue weighted by Crippen LogP contribution is 2.51. The first-order chi connectivity index (χ1) is 17.6. The van der Waals surface area contributed by atoms with Gasteiger partial charge in [0.2, 0.25) is 0 Å². The van der Waals surface area contributed by atoms with Gasteiger partial charge in [-0.25, -0.2) is 0 Å². The van der Waals surface area contributed by atoms with Gasteiger partial charge in [0, 0.05) is 39.3 Å². The van der Waals surface area contributed by atoms with E-state index in [4.69, 9.17) is 14.4 Å². The van der Waals surface area contributed by atoms with Crippen LogP contribution in [0, 0.1) is 0 Å². The molecular formula is C33H24N2O. The van der Waals surface area contributed by atoms with E-state index < -0.39 is 0 Å². The summed E-state index contributed by atoms with van der Waals surface area (Å²) in [5.41, 5.74) is 11.4. The molecule has 0 saturated heterocycles. The summed E-state index contributed by atoms with van der Waals surface area (Å²) in [5.74, 6) is 0. The summed E-state index contributed by atoms with van der Waals surface area (Å²) in [7, 11) is 0. The van der Waals surface area contributed by atoms with E-state index in [1.165, 1.54) is 0 Å². The number of fused-ring (bicyclic) bond motifs is 7. The van der Waals surface area contributed by atoms with Crippen molar-refractivity contribution in [1.82, 2.24) is 9.97 Å². The van der Waals surface area contributed by atoms with Crippen LogP contribution in [-0.4, -0.2) is 9.97 Å². The predicted octanol–water partition coefficient (Wildman–Crippen LogP) is 8.53. The minimum atomic E-state index is -0.355. The lowest BCUT2D eigenvalue weighted by molar-refractivity contribution is 0.617. The van der Waals surface area contributed by atoms with Crippen LogP contribution in [0.3, 0.4) is 0 Å². The fraction of sp³-hybridized carbons (Fsp3) is 0.0909. The van der Waals surface area contributed by atoms with Crippen molar-refractivity contribution in [3.05, 3.63) is 121 Å². The molecule has 3 aromatic carbocycles. The lowest BCUT2D eigenvalue weighted by atomic mass is 9.79. The van der Waals surface area contributed by atoms with Gasteiger partial charge in [0.05, 0.1) is 23.3 Å². The smallest absolute Gasteiger partial charge is 0.142 e. The Morgan fingerprint density at radius 1 is 0.694 bits per heavy atom. The quantitative estimate of drug-likeness (QED) is 0.258. The van der Waals surface area contributed by atoms with Gasteiger partial charge in [-0.15, -0.1) is 0 Å². The van der Waals surface area contributed by atoms with Crippen molar-refractivity contribution in [1.29, 1.82) is 0 Å². The van der Waals surface area contributed by atoms with Crippen molar-refractivity contribution >= 4 is 11.0 Å². The van der Waals surface area contributed by atoms with Crippen LogP contribution in [0.25, 0.3) is 55.7 Å². The molecule has 3 heterocycles. The van der Waals surface area contributed by atoms with Crippen LogP contribution >= 0.6 is 0 Å². The maximum absolute atomic E-state index is 6.10. The van der Waals surface area contributed by atoms with Crippen LogP contribution < -0.4 is 0 Å². The molecule has 3 heteroatoms. The number of furan rings is 1. The fourth-order valence-electron chi connectivity index (χ4n) is 5.60. The zero-order valence-corrected chi connectivity index (χ0v) is 20.2. The number of pyridine rings is 2. The summed E-state index contributed by atoms with van der Waals surface area (Å²) < 4.78 is 6.10. The second kappa shape index (κ2) is 7.76. The van der Waals surface area contributed by atoms with Gasteiger partial charge in [-0.1, -0.05) is 86.6 Å². The van der Waals surface area contributed by atoms with E-state index in [1.54, 1.807) is 6.26 Å². The van der Waals surface area contributed by atoms with Crippen LogP contribution in [0.1, 0.15) is 25.1 Å². The zero-order chi connectivity index (χ0) is 24.3. The molecule has 0 spiro atoms. The van der Waals surface area contributed by atoms with Crippen LogP contribution in [-0.2, 0) is 5.41 Å².